The number of carbonyl (C=O) groups is 1. The summed E-state index contributed by atoms with van der Waals surface area (Å²) in [5.41, 5.74) is 1.40. The number of hydrogen-bond donors (Lipinski definition) is 1. The molecule has 0 fully saturated rings. The number of anilines is 1. The second-order valence-corrected chi connectivity index (χ2v) is 5.94. The van der Waals surface area contributed by atoms with E-state index in [1.165, 1.54) is 17.1 Å². The number of pyridine rings is 2. The maximum absolute atomic E-state index is 13.0. The van der Waals surface area contributed by atoms with Crippen molar-refractivity contribution in [2.24, 2.45) is 0 Å². The minimum absolute atomic E-state index is 0.139. The molecular weight excluding hydrogens is 346 g/mol. The summed E-state index contributed by atoms with van der Waals surface area (Å²) >= 11 is 0. The molecule has 4 aromatic rings. The van der Waals surface area contributed by atoms with Crippen LogP contribution in [0.25, 0.3) is 11.1 Å². The lowest BCUT2D eigenvalue weighted by Gasteiger charge is -2.06. The molecule has 0 aliphatic heterocycles. The van der Waals surface area contributed by atoms with E-state index >= 15 is 0 Å². The normalized spacial score (nSPS) is 10.9. The van der Waals surface area contributed by atoms with Gasteiger partial charge < -0.3 is 9.73 Å². The number of fused-ring (bicyclic) bond motifs is 1. The molecule has 1 N–H and O–H groups in total. The third kappa shape index (κ3) is 3.20. The zero-order valence-corrected chi connectivity index (χ0v) is 14.4. The molecule has 134 valence electrons. The summed E-state index contributed by atoms with van der Waals surface area (Å²) in [7, 11) is 0. The monoisotopic (exact) mass is 361 g/mol. The Morgan fingerprint density at radius 3 is 2.74 bits per heavy atom. The average Bonchev–Trinajstić information content (AvgIpc) is 3.02. The molecule has 0 aliphatic rings. The summed E-state index contributed by atoms with van der Waals surface area (Å²) < 4.78 is 6.97. The molecule has 0 saturated heterocycles. The van der Waals surface area contributed by atoms with Crippen LogP contribution in [0, 0.1) is 6.92 Å². The molecule has 0 bridgehead atoms. The van der Waals surface area contributed by atoms with Gasteiger partial charge in [-0.05, 0) is 36.8 Å². The summed E-state index contributed by atoms with van der Waals surface area (Å²) in [5, 5.41) is 2.89. The van der Waals surface area contributed by atoms with Gasteiger partial charge in [-0.2, -0.15) is 0 Å². The van der Waals surface area contributed by atoms with Crippen molar-refractivity contribution in [2.75, 3.05) is 5.32 Å². The highest BCUT2D eigenvalue weighted by Gasteiger charge is 2.23. The van der Waals surface area contributed by atoms with Crippen LogP contribution >= 0.6 is 0 Å². The molecule has 1 amide bonds. The second kappa shape index (κ2) is 6.83. The van der Waals surface area contributed by atoms with Crippen molar-refractivity contribution in [1.29, 1.82) is 0 Å². The molecule has 4 heterocycles. The fraction of sp³-hybridized carbons (Fsp3) is 0.105. The number of amides is 1. The van der Waals surface area contributed by atoms with Gasteiger partial charge in [-0.1, -0.05) is 0 Å². The van der Waals surface area contributed by atoms with Crippen LogP contribution in [0.3, 0.4) is 0 Å². The minimum atomic E-state index is -0.445. The molecule has 0 saturated carbocycles. The molecule has 4 rings (SSSR count). The largest absolute Gasteiger partial charge is 0.442 e. The molecule has 0 atom stereocenters. The summed E-state index contributed by atoms with van der Waals surface area (Å²) in [4.78, 5) is 37.8. The van der Waals surface area contributed by atoms with Gasteiger partial charge in [0.2, 0.25) is 5.71 Å². The molecule has 0 aromatic carbocycles. The van der Waals surface area contributed by atoms with E-state index in [9.17, 15) is 9.59 Å². The standard InChI is InChI=1S/C19H15N5O3/c1-12-15(17(25)23-14-3-2-6-21-9-14)16-18(27-12)22-11-24(19(16)26)10-13-4-7-20-8-5-13/h2-9,11H,10H2,1H3,(H,23,25). The third-order valence-corrected chi connectivity index (χ3v) is 4.10. The molecule has 0 spiro atoms. The highest BCUT2D eigenvalue weighted by Crippen LogP contribution is 2.22. The Kier molecular flexibility index (Phi) is 4.21. The molecule has 0 unspecified atom stereocenters. The molecule has 4 aromatic heterocycles. The molecule has 27 heavy (non-hydrogen) atoms. The Morgan fingerprint density at radius 2 is 2.00 bits per heavy atom. The van der Waals surface area contributed by atoms with E-state index in [4.69, 9.17) is 4.42 Å². The van der Waals surface area contributed by atoms with E-state index in [0.717, 1.165) is 5.56 Å². The quantitative estimate of drug-likeness (QED) is 0.599. The number of hydrogen-bond acceptors (Lipinski definition) is 6. The molecule has 8 nitrogen and oxygen atoms in total. The van der Waals surface area contributed by atoms with Crippen LogP contribution in [0.2, 0.25) is 0 Å². The Bertz CT molecular complexity index is 1170. The number of nitrogens with zero attached hydrogens (tertiary/aromatic N) is 4. The summed E-state index contributed by atoms with van der Waals surface area (Å²) in [5.74, 6) is -0.113. The molecule has 8 heteroatoms. The zero-order valence-electron chi connectivity index (χ0n) is 14.4. The van der Waals surface area contributed by atoms with Gasteiger partial charge in [0.05, 0.1) is 24.0 Å². The maximum Gasteiger partial charge on any atom is 0.265 e. The van der Waals surface area contributed by atoms with E-state index in [1.807, 2.05) is 12.1 Å². The van der Waals surface area contributed by atoms with Crippen molar-refractivity contribution in [3.8, 4) is 0 Å². The first kappa shape index (κ1) is 16.6. The van der Waals surface area contributed by atoms with E-state index in [0.29, 0.717) is 18.0 Å². The Labute approximate surface area is 153 Å². The maximum atomic E-state index is 13.0. The molecular formula is C19H15N5O3. The first-order valence-electron chi connectivity index (χ1n) is 8.22. The van der Waals surface area contributed by atoms with Crippen molar-refractivity contribution in [3.05, 3.63) is 82.6 Å². The zero-order chi connectivity index (χ0) is 18.8. The van der Waals surface area contributed by atoms with Gasteiger partial charge in [0.25, 0.3) is 11.5 Å². The summed E-state index contributed by atoms with van der Waals surface area (Å²) in [6.07, 6.45) is 7.85. The lowest BCUT2D eigenvalue weighted by molar-refractivity contribution is 0.102. The number of furan rings is 1. The van der Waals surface area contributed by atoms with Gasteiger partial charge in [-0.15, -0.1) is 0 Å². The lowest BCUT2D eigenvalue weighted by atomic mass is 10.1. The fourth-order valence-electron chi connectivity index (χ4n) is 2.84. The van der Waals surface area contributed by atoms with Crippen LogP contribution in [0.5, 0.6) is 0 Å². The molecule has 0 radical (unpaired) electrons. The predicted molar refractivity (Wildman–Crippen MR) is 98.5 cm³/mol. The number of carbonyl (C=O) groups excluding carboxylic acids is 1. The van der Waals surface area contributed by atoms with Crippen LogP contribution in [0.1, 0.15) is 21.7 Å². The first-order valence-corrected chi connectivity index (χ1v) is 8.22. The van der Waals surface area contributed by atoms with Crippen molar-refractivity contribution < 1.29 is 9.21 Å². The van der Waals surface area contributed by atoms with E-state index in [2.05, 4.69) is 20.3 Å². The van der Waals surface area contributed by atoms with Crippen molar-refractivity contribution in [2.45, 2.75) is 13.5 Å². The van der Waals surface area contributed by atoms with Gasteiger partial charge in [0.15, 0.2) is 0 Å². The average molecular weight is 361 g/mol. The minimum Gasteiger partial charge on any atom is -0.442 e. The Hall–Kier alpha value is -3.81. The van der Waals surface area contributed by atoms with E-state index in [-0.39, 0.29) is 22.2 Å². The summed E-state index contributed by atoms with van der Waals surface area (Å²) in [6.45, 7) is 1.95. The highest BCUT2D eigenvalue weighted by atomic mass is 16.3. The SMILES string of the molecule is Cc1oc2ncn(Cc3ccncc3)c(=O)c2c1C(=O)Nc1cccnc1. The van der Waals surface area contributed by atoms with Crippen molar-refractivity contribution >= 4 is 22.7 Å². The number of aryl methyl sites for hydroxylation is 1. The van der Waals surface area contributed by atoms with Crippen LogP contribution in [-0.4, -0.2) is 25.4 Å². The number of aromatic nitrogens is 4. The highest BCUT2D eigenvalue weighted by molar-refractivity contribution is 6.12. The van der Waals surface area contributed by atoms with Gasteiger partial charge >= 0.3 is 0 Å². The Morgan fingerprint density at radius 1 is 1.19 bits per heavy atom. The van der Waals surface area contributed by atoms with Crippen molar-refractivity contribution in [1.82, 2.24) is 19.5 Å². The van der Waals surface area contributed by atoms with Crippen LogP contribution < -0.4 is 10.9 Å². The smallest absolute Gasteiger partial charge is 0.265 e. The summed E-state index contributed by atoms with van der Waals surface area (Å²) in [6, 6.07) is 7.04. The third-order valence-electron chi connectivity index (χ3n) is 4.10. The second-order valence-electron chi connectivity index (χ2n) is 5.94. The topological polar surface area (TPSA) is 103 Å². The lowest BCUT2D eigenvalue weighted by Crippen LogP contribution is -2.23. The van der Waals surface area contributed by atoms with Gasteiger partial charge in [-0.3, -0.25) is 24.1 Å². The van der Waals surface area contributed by atoms with E-state index in [1.54, 1.807) is 37.6 Å². The van der Waals surface area contributed by atoms with Crippen LogP contribution in [-0.2, 0) is 6.54 Å². The fourth-order valence-corrected chi connectivity index (χ4v) is 2.84. The van der Waals surface area contributed by atoms with Crippen LogP contribution in [0.4, 0.5) is 5.69 Å². The molecule has 0 aliphatic carbocycles. The number of rotatable bonds is 4. The van der Waals surface area contributed by atoms with Crippen molar-refractivity contribution in [3.63, 3.8) is 0 Å². The van der Waals surface area contributed by atoms with E-state index < -0.39 is 5.91 Å². The number of nitrogens with one attached hydrogen (secondary N) is 1. The van der Waals surface area contributed by atoms with Gasteiger partial charge in [0, 0.05) is 18.6 Å². The Balaban J connectivity index is 1.76. The van der Waals surface area contributed by atoms with Gasteiger partial charge in [0.1, 0.15) is 17.5 Å². The van der Waals surface area contributed by atoms with Crippen LogP contribution in [0.15, 0.2) is 64.6 Å². The van der Waals surface area contributed by atoms with Gasteiger partial charge in [-0.25, -0.2) is 4.98 Å². The predicted octanol–water partition coefficient (Wildman–Crippen LogP) is 2.39. The first-order chi connectivity index (χ1) is 13.1.